The van der Waals surface area contributed by atoms with E-state index in [-0.39, 0.29) is 5.43 Å². The molecule has 150 valence electrons. The topological polar surface area (TPSA) is 63.0 Å². The van der Waals surface area contributed by atoms with Crippen molar-refractivity contribution in [3.8, 4) is 11.3 Å². The highest BCUT2D eigenvalue weighted by molar-refractivity contribution is 6.09. The van der Waals surface area contributed by atoms with Gasteiger partial charge in [0.2, 0.25) is 0 Å². The van der Waals surface area contributed by atoms with E-state index in [2.05, 4.69) is 55.3 Å². The van der Waals surface area contributed by atoms with Crippen LogP contribution in [0.4, 0.5) is 0 Å². The van der Waals surface area contributed by atoms with Crippen LogP contribution >= 0.6 is 0 Å². The van der Waals surface area contributed by atoms with Crippen molar-refractivity contribution in [1.29, 1.82) is 0 Å². The third-order valence-electron chi connectivity index (χ3n) is 5.83. The zero-order valence-electron chi connectivity index (χ0n) is 17.6. The predicted molar refractivity (Wildman–Crippen MR) is 122 cm³/mol. The minimum Gasteiger partial charge on any atom is -0.357 e. The largest absolute Gasteiger partial charge is 0.357 e. The van der Waals surface area contributed by atoms with E-state index in [1.165, 1.54) is 16.7 Å². The van der Waals surface area contributed by atoms with Gasteiger partial charge in [0.1, 0.15) is 5.65 Å². The Kier molecular flexibility index (Phi) is 4.21. The van der Waals surface area contributed by atoms with E-state index < -0.39 is 0 Å². The van der Waals surface area contributed by atoms with Gasteiger partial charge < -0.3 is 4.98 Å². The average Bonchev–Trinajstić information content (AvgIpc) is 3.18. The van der Waals surface area contributed by atoms with E-state index in [4.69, 9.17) is 9.97 Å². The van der Waals surface area contributed by atoms with Crippen LogP contribution in [-0.4, -0.2) is 19.4 Å². The molecule has 0 atom stereocenters. The fourth-order valence-corrected chi connectivity index (χ4v) is 4.43. The quantitative estimate of drug-likeness (QED) is 0.402. The van der Waals surface area contributed by atoms with Gasteiger partial charge in [-0.25, -0.2) is 9.97 Å². The first-order valence-corrected chi connectivity index (χ1v) is 10.4. The smallest absolute Gasteiger partial charge is 0.179 e. The molecule has 3 aromatic heterocycles. The highest BCUT2D eigenvalue weighted by Crippen LogP contribution is 2.38. The number of pyridine rings is 1. The zero-order chi connectivity index (χ0) is 21.0. The van der Waals surface area contributed by atoms with E-state index in [0.29, 0.717) is 11.8 Å². The number of imidazole rings is 1. The van der Waals surface area contributed by atoms with Gasteiger partial charge in [-0.2, -0.15) is 0 Å². The van der Waals surface area contributed by atoms with Gasteiger partial charge in [0.25, 0.3) is 0 Å². The Bertz CT molecular complexity index is 1450. The lowest BCUT2D eigenvalue weighted by molar-refractivity contribution is 0.836. The number of hydrogen-bond donors (Lipinski definition) is 1. The second-order valence-corrected chi connectivity index (χ2v) is 8.42. The molecule has 0 bridgehead atoms. The van der Waals surface area contributed by atoms with Crippen molar-refractivity contribution in [2.45, 2.75) is 39.5 Å². The van der Waals surface area contributed by atoms with Gasteiger partial charge in [0.05, 0.1) is 17.4 Å². The molecule has 0 spiro atoms. The predicted octanol–water partition coefficient (Wildman–Crippen LogP) is 5.64. The lowest BCUT2D eigenvalue weighted by Gasteiger charge is -2.20. The Morgan fingerprint density at radius 3 is 2.33 bits per heavy atom. The van der Waals surface area contributed by atoms with Crippen LogP contribution in [0.5, 0.6) is 0 Å². The summed E-state index contributed by atoms with van der Waals surface area (Å²) in [5.41, 5.74) is 7.22. The van der Waals surface area contributed by atoms with Crippen molar-refractivity contribution in [2.75, 3.05) is 0 Å². The summed E-state index contributed by atoms with van der Waals surface area (Å²) in [7, 11) is 0. The molecule has 0 radical (unpaired) electrons. The van der Waals surface area contributed by atoms with Crippen LogP contribution in [0.1, 0.15) is 50.7 Å². The first kappa shape index (κ1) is 18.6. The van der Waals surface area contributed by atoms with E-state index in [1.807, 2.05) is 18.5 Å². The summed E-state index contributed by atoms with van der Waals surface area (Å²) in [6.45, 7) is 8.87. The Morgan fingerprint density at radius 1 is 0.900 bits per heavy atom. The molecule has 2 aromatic carbocycles. The number of nitrogens with one attached hydrogen (secondary N) is 1. The number of nitrogens with zero attached hydrogens (tertiary/aromatic N) is 3. The number of H-pyrrole nitrogens is 1. The fourth-order valence-electron chi connectivity index (χ4n) is 4.43. The van der Waals surface area contributed by atoms with Gasteiger partial charge in [-0.15, -0.1) is 0 Å². The first-order chi connectivity index (χ1) is 14.5. The van der Waals surface area contributed by atoms with Gasteiger partial charge >= 0.3 is 0 Å². The molecule has 5 aromatic rings. The minimum atomic E-state index is -0.0253. The van der Waals surface area contributed by atoms with Crippen LogP contribution in [-0.2, 0) is 0 Å². The number of fused-ring (bicyclic) bond motifs is 6. The van der Waals surface area contributed by atoms with E-state index in [9.17, 15) is 4.79 Å². The number of hydrogen-bond acceptors (Lipinski definition) is 3. The van der Waals surface area contributed by atoms with Gasteiger partial charge in [-0.05, 0) is 41.2 Å². The summed E-state index contributed by atoms with van der Waals surface area (Å²) >= 11 is 0. The summed E-state index contributed by atoms with van der Waals surface area (Å²) in [5.74, 6) is 0.729. The van der Waals surface area contributed by atoms with Gasteiger partial charge in [-0.3, -0.25) is 9.20 Å². The maximum atomic E-state index is 12.2. The second kappa shape index (κ2) is 6.80. The number of aromatic nitrogens is 4. The van der Waals surface area contributed by atoms with Crippen molar-refractivity contribution in [3.05, 3.63) is 76.3 Å². The maximum Gasteiger partial charge on any atom is 0.179 e. The van der Waals surface area contributed by atoms with Crippen molar-refractivity contribution in [3.63, 3.8) is 0 Å². The number of benzene rings is 2. The Morgan fingerprint density at radius 2 is 1.63 bits per heavy atom. The fraction of sp³-hybridized carbons (Fsp3) is 0.240. The van der Waals surface area contributed by atoms with Gasteiger partial charge in [0.15, 0.2) is 11.1 Å². The van der Waals surface area contributed by atoms with Crippen LogP contribution in [0.2, 0.25) is 0 Å². The normalized spacial score (nSPS) is 12.1. The molecule has 0 saturated carbocycles. The third-order valence-corrected chi connectivity index (χ3v) is 5.83. The van der Waals surface area contributed by atoms with Crippen molar-refractivity contribution in [1.82, 2.24) is 19.4 Å². The molecule has 0 saturated heterocycles. The minimum absolute atomic E-state index is 0.0253. The van der Waals surface area contributed by atoms with Crippen molar-refractivity contribution < 1.29 is 0 Å². The summed E-state index contributed by atoms with van der Waals surface area (Å²) in [6, 6.07) is 11.6. The van der Waals surface area contributed by atoms with Crippen LogP contribution in [0.3, 0.4) is 0 Å². The standard InChI is InChI=1S/C25H24N4O/c1-14(2)17-6-5-7-18(15(3)4)22(17)21-13-28-24-20-12-16(30)8-9-19(20)23-25(29(21)24)27-11-10-26-23/h5-15,26H,1-4H3. The van der Waals surface area contributed by atoms with Crippen LogP contribution in [0.15, 0.2) is 59.8 Å². The summed E-state index contributed by atoms with van der Waals surface area (Å²) < 4.78 is 2.10. The molecule has 0 aliphatic carbocycles. The van der Waals surface area contributed by atoms with Crippen LogP contribution < -0.4 is 5.43 Å². The highest BCUT2D eigenvalue weighted by Gasteiger charge is 2.21. The summed E-state index contributed by atoms with van der Waals surface area (Å²) in [5, 5.41) is 1.78. The maximum absolute atomic E-state index is 12.2. The molecule has 5 heteroatoms. The summed E-state index contributed by atoms with van der Waals surface area (Å²) in [4.78, 5) is 25.0. The summed E-state index contributed by atoms with van der Waals surface area (Å²) in [6.07, 6.45) is 5.50. The molecular weight excluding hydrogens is 372 g/mol. The van der Waals surface area contributed by atoms with E-state index >= 15 is 0 Å². The van der Waals surface area contributed by atoms with Gasteiger partial charge in [-0.1, -0.05) is 45.9 Å². The molecule has 30 heavy (non-hydrogen) atoms. The van der Waals surface area contributed by atoms with E-state index in [1.54, 1.807) is 18.3 Å². The molecule has 0 aliphatic rings. The zero-order valence-corrected chi connectivity index (χ0v) is 17.6. The SMILES string of the molecule is CC(C)c1cccc(C(C)C)c1-c1cnc2c3cc(=O)ccc3c3[nH]ccnc3n12. The van der Waals surface area contributed by atoms with Crippen LogP contribution in [0.25, 0.3) is 38.8 Å². The monoisotopic (exact) mass is 396 g/mol. The lowest BCUT2D eigenvalue weighted by Crippen LogP contribution is -2.04. The first-order valence-electron chi connectivity index (χ1n) is 10.4. The van der Waals surface area contributed by atoms with Crippen LogP contribution in [0, 0.1) is 0 Å². The molecule has 0 aliphatic heterocycles. The number of aromatic amines is 1. The Labute approximate surface area is 174 Å². The second-order valence-electron chi connectivity index (χ2n) is 8.42. The molecule has 0 amide bonds. The van der Waals surface area contributed by atoms with E-state index in [0.717, 1.165) is 33.3 Å². The Balaban J connectivity index is 2.02. The molecule has 5 rings (SSSR count). The lowest BCUT2D eigenvalue weighted by atomic mass is 9.87. The Hall–Kier alpha value is -3.47. The average molecular weight is 396 g/mol. The molecule has 0 unspecified atom stereocenters. The number of rotatable bonds is 3. The molecule has 3 heterocycles. The van der Waals surface area contributed by atoms with Crippen molar-refractivity contribution in [2.24, 2.45) is 0 Å². The van der Waals surface area contributed by atoms with Gasteiger partial charge in [0, 0.05) is 28.7 Å². The highest BCUT2D eigenvalue weighted by atomic mass is 16.1. The van der Waals surface area contributed by atoms with Crippen molar-refractivity contribution >= 4 is 27.6 Å². The molecular formula is C25H24N4O. The molecule has 5 nitrogen and oxygen atoms in total. The third kappa shape index (κ3) is 2.65. The molecule has 1 N–H and O–H groups in total. The molecule has 0 fully saturated rings.